The summed E-state index contributed by atoms with van der Waals surface area (Å²) in [5.74, 6) is -0.784. The molecule has 1 aromatic rings. The first-order valence-corrected chi connectivity index (χ1v) is 3.99. The van der Waals surface area contributed by atoms with Crippen LogP contribution in [0.15, 0.2) is 35.9 Å². The summed E-state index contributed by atoms with van der Waals surface area (Å²) in [5, 5.41) is 2.43. The standard InChI is InChI=1S/C9H7ClFNO/c10-5-4-9(13)12-8-3-1-2-7(11)6-8/h1-6H,(H,12,13). The molecule has 1 N–H and O–H groups in total. The summed E-state index contributed by atoms with van der Waals surface area (Å²) in [5.41, 5.74) is 1.49. The van der Waals surface area contributed by atoms with Crippen LogP contribution in [0.5, 0.6) is 0 Å². The van der Waals surface area contributed by atoms with E-state index in [1.807, 2.05) is 0 Å². The van der Waals surface area contributed by atoms with Crippen LogP contribution in [-0.4, -0.2) is 5.91 Å². The topological polar surface area (TPSA) is 29.1 Å². The molecule has 2 nitrogen and oxygen atoms in total. The van der Waals surface area contributed by atoms with Gasteiger partial charge in [0.25, 0.3) is 0 Å². The summed E-state index contributed by atoms with van der Waals surface area (Å²) >= 11 is 5.18. The van der Waals surface area contributed by atoms with Gasteiger partial charge in [-0.1, -0.05) is 17.7 Å². The lowest BCUT2D eigenvalue weighted by Gasteiger charge is -2.00. The smallest absolute Gasteiger partial charge is 0.249 e. The maximum atomic E-state index is 12.6. The normalized spacial score (nSPS) is 10.3. The number of halogens is 2. The van der Waals surface area contributed by atoms with Crippen molar-refractivity contribution in [3.05, 3.63) is 41.7 Å². The molecule has 4 heteroatoms. The summed E-state index contributed by atoms with van der Waals surface area (Å²) in [6.07, 6.45) is 1.15. The molecule has 0 atom stereocenters. The number of carbonyl (C=O) groups excluding carboxylic acids is 1. The van der Waals surface area contributed by atoms with Crippen molar-refractivity contribution in [3.63, 3.8) is 0 Å². The molecule has 0 fully saturated rings. The van der Waals surface area contributed by atoms with Gasteiger partial charge in [-0.05, 0) is 18.2 Å². The molecule has 0 aliphatic carbocycles. The minimum absolute atomic E-state index is 0.388. The SMILES string of the molecule is O=C(C=CCl)Nc1cccc(F)c1. The second-order valence-corrected chi connectivity index (χ2v) is 2.54. The van der Waals surface area contributed by atoms with Crippen molar-refractivity contribution >= 4 is 23.2 Å². The molecule has 0 spiro atoms. The number of anilines is 1. The molecule has 0 bridgehead atoms. The van der Waals surface area contributed by atoms with Crippen LogP contribution in [0.3, 0.4) is 0 Å². The molecule has 0 aliphatic heterocycles. The Bertz CT molecular complexity index is 338. The second-order valence-electron chi connectivity index (χ2n) is 2.29. The molecule has 0 unspecified atom stereocenters. The molecule has 0 saturated heterocycles. The van der Waals surface area contributed by atoms with Crippen molar-refractivity contribution < 1.29 is 9.18 Å². The lowest BCUT2D eigenvalue weighted by Crippen LogP contribution is -2.07. The first kappa shape index (κ1) is 9.74. The van der Waals surface area contributed by atoms with Crippen LogP contribution in [0, 0.1) is 5.82 Å². The summed E-state index contributed by atoms with van der Waals surface area (Å²) in [6.45, 7) is 0. The van der Waals surface area contributed by atoms with Gasteiger partial charge in [-0.3, -0.25) is 4.79 Å². The van der Waals surface area contributed by atoms with E-state index in [0.717, 1.165) is 11.6 Å². The fourth-order valence-electron chi connectivity index (χ4n) is 0.807. The minimum Gasteiger partial charge on any atom is -0.322 e. The predicted octanol–water partition coefficient (Wildman–Crippen LogP) is 2.52. The number of amides is 1. The second kappa shape index (κ2) is 4.62. The Hall–Kier alpha value is -1.35. The van der Waals surface area contributed by atoms with E-state index in [-0.39, 0.29) is 5.91 Å². The average molecular weight is 200 g/mol. The van der Waals surface area contributed by atoms with Crippen LogP contribution in [0.4, 0.5) is 10.1 Å². The van der Waals surface area contributed by atoms with E-state index in [1.165, 1.54) is 18.2 Å². The average Bonchev–Trinajstić information content (AvgIpc) is 2.04. The Balaban J connectivity index is 2.69. The Morgan fingerprint density at radius 3 is 2.92 bits per heavy atom. The number of hydrogen-bond acceptors (Lipinski definition) is 1. The van der Waals surface area contributed by atoms with Crippen LogP contribution < -0.4 is 5.32 Å². The highest BCUT2D eigenvalue weighted by Crippen LogP contribution is 2.08. The molecule has 0 radical (unpaired) electrons. The van der Waals surface area contributed by atoms with Crippen molar-refractivity contribution in [2.75, 3.05) is 5.32 Å². The van der Waals surface area contributed by atoms with Gasteiger partial charge in [0.2, 0.25) is 5.91 Å². The third kappa shape index (κ3) is 3.25. The van der Waals surface area contributed by atoms with E-state index in [2.05, 4.69) is 5.32 Å². The quantitative estimate of drug-likeness (QED) is 0.729. The lowest BCUT2D eigenvalue weighted by atomic mass is 10.3. The van der Waals surface area contributed by atoms with Crippen LogP contribution in [0.1, 0.15) is 0 Å². The maximum absolute atomic E-state index is 12.6. The zero-order valence-corrected chi connectivity index (χ0v) is 7.38. The van der Waals surface area contributed by atoms with Crippen molar-refractivity contribution in [2.24, 2.45) is 0 Å². The van der Waals surface area contributed by atoms with Crippen LogP contribution in [-0.2, 0) is 4.79 Å². The Labute approximate surface area is 80.0 Å². The number of benzene rings is 1. The van der Waals surface area contributed by atoms with Crippen LogP contribution in [0.25, 0.3) is 0 Å². The Kier molecular flexibility index (Phi) is 3.46. The van der Waals surface area contributed by atoms with Crippen molar-refractivity contribution in [2.45, 2.75) is 0 Å². The van der Waals surface area contributed by atoms with Gasteiger partial charge in [-0.2, -0.15) is 0 Å². The molecule has 0 aromatic heterocycles. The maximum Gasteiger partial charge on any atom is 0.249 e. The summed E-state index contributed by atoms with van der Waals surface area (Å²) in [7, 11) is 0. The van der Waals surface area contributed by atoms with Gasteiger partial charge in [-0.25, -0.2) is 4.39 Å². The van der Waals surface area contributed by atoms with Crippen molar-refractivity contribution in [3.8, 4) is 0 Å². The monoisotopic (exact) mass is 199 g/mol. The van der Waals surface area contributed by atoms with E-state index in [9.17, 15) is 9.18 Å². The first-order chi connectivity index (χ1) is 6.22. The zero-order valence-electron chi connectivity index (χ0n) is 6.63. The highest BCUT2D eigenvalue weighted by Gasteiger charge is 1.97. The molecule has 13 heavy (non-hydrogen) atoms. The largest absolute Gasteiger partial charge is 0.322 e. The van der Waals surface area contributed by atoms with Gasteiger partial charge < -0.3 is 5.32 Å². The lowest BCUT2D eigenvalue weighted by molar-refractivity contribution is -0.111. The Morgan fingerprint density at radius 2 is 2.31 bits per heavy atom. The molecule has 1 amide bonds. The number of hydrogen-bond donors (Lipinski definition) is 1. The predicted molar refractivity (Wildman–Crippen MR) is 50.0 cm³/mol. The molecule has 0 saturated carbocycles. The van der Waals surface area contributed by atoms with Gasteiger partial charge in [0.15, 0.2) is 0 Å². The summed E-state index contributed by atoms with van der Waals surface area (Å²) < 4.78 is 12.6. The number of rotatable bonds is 2. The van der Waals surface area contributed by atoms with Gasteiger partial charge in [0.1, 0.15) is 5.82 Å². The molecule has 1 aromatic carbocycles. The van der Waals surface area contributed by atoms with Crippen LogP contribution >= 0.6 is 11.6 Å². The zero-order chi connectivity index (χ0) is 9.68. The fraction of sp³-hybridized carbons (Fsp3) is 0. The van der Waals surface area contributed by atoms with Crippen LogP contribution in [0.2, 0.25) is 0 Å². The first-order valence-electron chi connectivity index (χ1n) is 3.55. The molecular formula is C9H7ClFNO. The van der Waals surface area contributed by atoms with Crippen molar-refractivity contribution in [1.82, 2.24) is 0 Å². The molecular weight excluding hydrogens is 193 g/mol. The van der Waals surface area contributed by atoms with Crippen molar-refractivity contribution in [1.29, 1.82) is 0 Å². The van der Waals surface area contributed by atoms with Gasteiger partial charge in [-0.15, -0.1) is 0 Å². The van der Waals surface area contributed by atoms with Gasteiger partial charge in [0.05, 0.1) is 0 Å². The highest BCUT2D eigenvalue weighted by molar-refractivity contribution is 6.27. The highest BCUT2D eigenvalue weighted by atomic mass is 35.5. The van der Waals surface area contributed by atoms with E-state index in [1.54, 1.807) is 6.07 Å². The van der Waals surface area contributed by atoms with E-state index >= 15 is 0 Å². The summed E-state index contributed by atoms with van der Waals surface area (Å²) in [6, 6.07) is 5.62. The molecule has 1 rings (SSSR count). The van der Waals surface area contributed by atoms with E-state index in [4.69, 9.17) is 11.6 Å². The van der Waals surface area contributed by atoms with Gasteiger partial charge in [0, 0.05) is 17.3 Å². The number of carbonyl (C=O) groups is 1. The third-order valence-electron chi connectivity index (χ3n) is 1.31. The Morgan fingerprint density at radius 1 is 1.54 bits per heavy atom. The molecule has 0 heterocycles. The fourth-order valence-corrected chi connectivity index (χ4v) is 0.922. The molecule has 68 valence electrons. The molecule has 0 aliphatic rings. The minimum atomic E-state index is -0.396. The third-order valence-corrected chi connectivity index (χ3v) is 1.43. The summed E-state index contributed by atoms with van der Waals surface area (Å²) in [4.78, 5) is 10.9. The van der Waals surface area contributed by atoms with E-state index in [0.29, 0.717) is 5.69 Å². The number of nitrogens with one attached hydrogen (secondary N) is 1. The van der Waals surface area contributed by atoms with E-state index < -0.39 is 5.82 Å². The van der Waals surface area contributed by atoms with Gasteiger partial charge >= 0.3 is 0 Å².